The fraction of sp³-hybridized carbons (Fsp3) is 0.438. The number of fused-ring (bicyclic) bond motifs is 1. The number of hydrogen-bond acceptors (Lipinski definition) is 3. The van der Waals surface area contributed by atoms with Crippen molar-refractivity contribution in [2.75, 3.05) is 13.1 Å². The quantitative estimate of drug-likeness (QED) is 0.496. The normalized spacial score (nSPS) is 18.9. The third-order valence-electron chi connectivity index (χ3n) is 4.19. The molecule has 1 aromatic carbocycles. The van der Waals surface area contributed by atoms with Crippen LogP contribution in [0.1, 0.15) is 46.4 Å². The number of nitrogens with zero attached hydrogens (tertiary/aromatic N) is 2. The Bertz CT molecular complexity index is 585. The zero-order valence-electron chi connectivity index (χ0n) is 12.4. The van der Waals surface area contributed by atoms with E-state index in [4.69, 9.17) is 5.73 Å². The molecule has 22 heavy (non-hydrogen) atoms. The number of benzene rings is 1. The molecule has 0 aromatic heterocycles. The van der Waals surface area contributed by atoms with Gasteiger partial charge in [-0.3, -0.25) is 19.5 Å². The molecule has 6 nitrogen and oxygen atoms in total. The summed E-state index contributed by atoms with van der Waals surface area (Å²) in [6, 6.07) is 7.27. The molecule has 3 N–H and O–H groups in total. The molecule has 6 heteroatoms. The van der Waals surface area contributed by atoms with E-state index < -0.39 is 0 Å². The Labute approximate surface area is 129 Å². The standard InChI is InChI=1S/C16H20N4O2/c17-16(19-11-5-1-2-6-11)18-9-10-20-14(21)12-7-3-4-8-13(12)15(20)22/h3-4,7-8,11H,1-2,5-6,9-10H2,(H3,17,18,19). The molecule has 0 radical (unpaired) electrons. The monoisotopic (exact) mass is 300 g/mol. The molecule has 1 aromatic rings. The van der Waals surface area contributed by atoms with Gasteiger partial charge in [-0.25, -0.2) is 0 Å². The highest BCUT2D eigenvalue weighted by Crippen LogP contribution is 2.22. The van der Waals surface area contributed by atoms with Gasteiger partial charge in [-0.05, 0) is 25.0 Å². The SMILES string of the molecule is NC(=NCCN1C(=O)c2ccccc2C1=O)NC1CCCC1. The summed E-state index contributed by atoms with van der Waals surface area (Å²) in [6.07, 6.45) is 4.68. The lowest BCUT2D eigenvalue weighted by molar-refractivity contribution is 0.0659. The molecule has 2 aliphatic rings. The minimum Gasteiger partial charge on any atom is -0.370 e. The van der Waals surface area contributed by atoms with E-state index >= 15 is 0 Å². The van der Waals surface area contributed by atoms with Crippen molar-refractivity contribution in [2.45, 2.75) is 31.7 Å². The van der Waals surface area contributed by atoms with Crippen LogP contribution in [0.25, 0.3) is 0 Å². The minimum atomic E-state index is -0.252. The van der Waals surface area contributed by atoms with E-state index in [1.54, 1.807) is 24.3 Å². The zero-order valence-corrected chi connectivity index (χ0v) is 12.4. The first-order valence-corrected chi connectivity index (χ1v) is 7.68. The molecule has 1 heterocycles. The topological polar surface area (TPSA) is 87.8 Å². The maximum Gasteiger partial charge on any atom is 0.261 e. The molecule has 0 unspecified atom stereocenters. The highest BCUT2D eigenvalue weighted by atomic mass is 16.2. The van der Waals surface area contributed by atoms with Crippen molar-refractivity contribution in [1.82, 2.24) is 10.2 Å². The van der Waals surface area contributed by atoms with Gasteiger partial charge in [0.05, 0.1) is 17.7 Å². The van der Waals surface area contributed by atoms with Gasteiger partial charge in [0.15, 0.2) is 5.96 Å². The van der Waals surface area contributed by atoms with Crippen molar-refractivity contribution in [1.29, 1.82) is 0 Å². The predicted molar refractivity (Wildman–Crippen MR) is 83.7 cm³/mol. The summed E-state index contributed by atoms with van der Waals surface area (Å²) < 4.78 is 0. The van der Waals surface area contributed by atoms with Crippen LogP contribution in [0.15, 0.2) is 29.3 Å². The molecule has 0 saturated heterocycles. The maximum atomic E-state index is 12.2. The van der Waals surface area contributed by atoms with Gasteiger partial charge in [0.2, 0.25) is 0 Å². The summed E-state index contributed by atoms with van der Waals surface area (Å²) >= 11 is 0. The van der Waals surface area contributed by atoms with Gasteiger partial charge in [-0.1, -0.05) is 25.0 Å². The van der Waals surface area contributed by atoms with Crippen LogP contribution in [0.2, 0.25) is 0 Å². The number of carbonyl (C=O) groups is 2. The fourth-order valence-electron chi connectivity index (χ4n) is 3.04. The van der Waals surface area contributed by atoms with Crippen molar-refractivity contribution in [3.05, 3.63) is 35.4 Å². The first-order chi connectivity index (χ1) is 10.7. The third kappa shape index (κ3) is 2.81. The van der Waals surface area contributed by atoms with Gasteiger partial charge in [-0.15, -0.1) is 0 Å². The van der Waals surface area contributed by atoms with Crippen molar-refractivity contribution >= 4 is 17.8 Å². The van der Waals surface area contributed by atoms with Crippen molar-refractivity contribution in [3.8, 4) is 0 Å². The Kier molecular flexibility index (Phi) is 4.09. The van der Waals surface area contributed by atoms with Gasteiger partial charge in [0.25, 0.3) is 11.8 Å². The second kappa shape index (κ2) is 6.17. The van der Waals surface area contributed by atoms with E-state index in [0.717, 1.165) is 12.8 Å². The lowest BCUT2D eigenvalue weighted by atomic mass is 10.1. The Hall–Kier alpha value is -2.37. The number of rotatable bonds is 4. The van der Waals surface area contributed by atoms with Crippen LogP contribution in [0.5, 0.6) is 0 Å². The van der Waals surface area contributed by atoms with E-state index in [1.807, 2.05) is 0 Å². The summed E-state index contributed by atoms with van der Waals surface area (Å²) in [6.45, 7) is 0.566. The molecule has 0 bridgehead atoms. The van der Waals surface area contributed by atoms with Crippen molar-refractivity contribution < 1.29 is 9.59 Å². The molecule has 3 rings (SSSR count). The average molecular weight is 300 g/mol. The lowest BCUT2D eigenvalue weighted by Gasteiger charge is -2.14. The van der Waals surface area contributed by atoms with Gasteiger partial charge < -0.3 is 11.1 Å². The first-order valence-electron chi connectivity index (χ1n) is 7.68. The van der Waals surface area contributed by atoms with Gasteiger partial charge in [0, 0.05) is 12.6 Å². The Morgan fingerprint density at radius 2 is 1.77 bits per heavy atom. The maximum absolute atomic E-state index is 12.2. The van der Waals surface area contributed by atoms with Gasteiger partial charge >= 0.3 is 0 Å². The number of nitrogens with one attached hydrogen (secondary N) is 1. The van der Waals surface area contributed by atoms with Crippen LogP contribution >= 0.6 is 0 Å². The largest absolute Gasteiger partial charge is 0.370 e. The lowest BCUT2D eigenvalue weighted by Crippen LogP contribution is -2.39. The van der Waals surface area contributed by atoms with Gasteiger partial charge in [-0.2, -0.15) is 0 Å². The zero-order chi connectivity index (χ0) is 15.5. The summed E-state index contributed by atoms with van der Waals surface area (Å²) in [5, 5.41) is 3.18. The molecular weight excluding hydrogens is 280 g/mol. The van der Waals surface area contributed by atoms with E-state index in [2.05, 4.69) is 10.3 Å². The second-order valence-corrected chi connectivity index (χ2v) is 5.70. The summed E-state index contributed by atoms with van der Waals surface area (Å²) in [5.74, 6) is -0.111. The van der Waals surface area contributed by atoms with Crippen LogP contribution in [-0.2, 0) is 0 Å². The minimum absolute atomic E-state index is 0.249. The van der Waals surface area contributed by atoms with Crippen LogP contribution in [0.4, 0.5) is 0 Å². The van der Waals surface area contributed by atoms with Crippen LogP contribution in [0, 0.1) is 0 Å². The smallest absolute Gasteiger partial charge is 0.261 e. The van der Waals surface area contributed by atoms with Crippen LogP contribution in [-0.4, -0.2) is 41.8 Å². The number of imide groups is 1. The van der Waals surface area contributed by atoms with Crippen molar-refractivity contribution in [2.24, 2.45) is 10.7 Å². The number of nitrogens with two attached hydrogens (primary N) is 1. The van der Waals surface area contributed by atoms with E-state index in [9.17, 15) is 9.59 Å². The van der Waals surface area contributed by atoms with Crippen LogP contribution < -0.4 is 11.1 Å². The van der Waals surface area contributed by atoms with Gasteiger partial charge in [0.1, 0.15) is 0 Å². The highest BCUT2D eigenvalue weighted by molar-refractivity contribution is 6.21. The molecule has 1 aliphatic carbocycles. The van der Waals surface area contributed by atoms with Crippen LogP contribution in [0.3, 0.4) is 0 Å². The molecule has 1 fully saturated rings. The van der Waals surface area contributed by atoms with Crippen molar-refractivity contribution in [3.63, 3.8) is 0 Å². The number of aliphatic imine (C=N–C) groups is 1. The molecule has 116 valence electrons. The third-order valence-corrected chi connectivity index (χ3v) is 4.19. The fourth-order valence-corrected chi connectivity index (χ4v) is 3.04. The predicted octanol–water partition coefficient (Wildman–Crippen LogP) is 1.13. The Morgan fingerprint density at radius 1 is 1.18 bits per heavy atom. The average Bonchev–Trinajstić information content (AvgIpc) is 3.10. The first kappa shape index (κ1) is 14.6. The highest BCUT2D eigenvalue weighted by Gasteiger charge is 2.34. The second-order valence-electron chi connectivity index (χ2n) is 5.70. The summed E-state index contributed by atoms with van der Waals surface area (Å²) in [7, 11) is 0. The summed E-state index contributed by atoms with van der Waals surface area (Å²) in [4.78, 5) is 29.8. The molecular formula is C16H20N4O2. The molecule has 2 amide bonds. The Morgan fingerprint density at radius 3 is 2.36 bits per heavy atom. The molecule has 0 atom stereocenters. The van der Waals surface area contributed by atoms with E-state index in [1.165, 1.54) is 17.7 Å². The van der Waals surface area contributed by atoms with E-state index in [0.29, 0.717) is 29.7 Å². The number of hydrogen-bond donors (Lipinski definition) is 2. The number of carbonyl (C=O) groups excluding carboxylic acids is 2. The molecule has 0 spiro atoms. The van der Waals surface area contributed by atoms with E-state index in [-0.39, 0.29) is 18.4 Å². The summed E-state index contributed by atoms with van der Waals surface area (Å²) in [5.41, 5.74) is 6.77. The number of guanidine groups is 1. The molecule has 1 saturated carbocycles. The molecule has 1 aliphatic heterocycles. The Balaban J connectivity index is 1.56. The number of amides is 2.